The number of hydrogen-bond acceptors (Lipinski definition) is 4. The van der Waals surface area contributed by atoms with Gasteiger partial charge in [0.15, 0.2) is 5.69 Å². The number of amides is 1. The minimum Gasteiger partial charge on any atom is -0.489 e. The molecular formula is C22H23FN4O2. The lowest BCUT2D eigenvalue weighted by atomic mass is 10.1. The number of nitrogens with zero attached hydrogens (tertiary/aromatic N) is 1. The predicted molar refractivity (Wildman–Crippen MR) is 107 cm³/mol. The van der Waals surface area contributed by atoms with Crippen LogP contribution >= 0.6 is 0 Å². The van der Waals surface area contributed by atoms with Crippen molar-refractivity contribution in [2.75, 3.05) is 6.54 Å². The van der Waals surface area contributed by atoms with Crippen LogP contribution in [0.15, 0.2) is 48.5 Å². The van der Waals surface area contributed by atoms with Crippen molar-refractivity contribution in [2.45, 2.75) is 32.5 Å². The Morgan fingerprint density at radius 1 is 1.21 bits per heavy atom. The first kappa shape index (κ1) is 19.1. The van der Waals surface area contributed by atoms with E-state index in [1.165, 1.54) is 12.1 Å². The third kappa shape index (κ3) is 4.46. The number of benzene rings is 2. The first-order valence-corrected chi connectivity index (χ1v) is 9.65. The van der Waals surface area contributed by atoms with Gasteiger partial charge < -0.3 is 15.4 Å². The van der Waals surface area contributed by atoms with Crippen LogP contribution in [-0.2, 0) is 19.6 Å². The lowest BCUT2D eigenvalue weighted by Crippen LogP contribution is -2.30. The van der Waals surface area contributed by atoms with E-state index in [9.17, 15) is 9.18 Å². The van der Waals surface area contributed by atoms with E-state index in [1.54, 1.807) is 12.1 Å². The zero-order valence-electron chi connectivity index (χ0n) is 16.2. The first-order valence-electron chi connectivity index (χ1n) is 9.65. The number of H-pyrrole nitrogens is 1. The molecule has 1 amide bonds. The van der Waals surface area contributed by atoms with Crippen molar-refractivity contribution in [1.29, 1.82) is 0 Å². The highest BCUT2D eigenvalue weighted by molar-refractivity contribution is 5.94. The molecule has 0 bridgehead atoms. The molecule has 1 aliphatic rings. The molecule has 1 aliphatic heterocycles. The molecule has 2 heterocycles. The SMILES string of the molecule is CC(NC(=O)c1n[nH]c2c1CNCC2)c1ccc(OCc2ccc(F)cc2)cc1. The summed E-state index contributed by atoms with van der Waals surface area (Å²) in [4.78, 5) is 12.6. The maximum Gasteiger partial charge on any atom is 0.272 e. The number of rotatable bonds is 6. The van der Waals surface area contributed by atoms with E-state index < -0.39 is 0 Å². The Balaban J connectivity index is 1.35. The molecule has 1 atom stereocenters. The molecule has 3 aromatic rings. The molecule has 0 fully saturated rings. The summed E-state index contributed by atoms with van der Waals surface area (Å²) in [7, 11) is 0. The minimum atomic E-state index is -0.263. The van der Waals surface area contributed by atoms with Gasteiger partial charge in [-0.2, -0.15) is 5.10 Å². The van der Waals surface area contributed by atoms with Crippen molar-refractivity contribution < 1.29 is 13.9 Å². The Bertz CT molecular complexity index is 983. The number of fused-ring (bicyclic) bond motifs is 1. The zero-order valence-corrected chi connectivity index (χ0v) is 16.2. The van der Waals surface area contributed by atoms with Gasteiger partial charge in [-0.25, -0.2) is 4.39 Å². The largest absolute Gasteiger partial charge is 0.489 e. The van der Waals surface area contributed by atoms with E-state index in [2.05, 4.69) is 20.8 Å². The maximum absolute atomic E-state index is 13.0. The van der Waals surface area contributed by atoms with Crippen LogP contribution in [0.3, 0.4) is 0 Å². The molecule has 0 spiro atoms. The van der Waals surface area contributed by atoms with Gasteiger partial charge in [0, 0.05) is 30.8 Å². The fourth-order valence-corrected chi connectivity index (χ4v) is 3.36. The Kier molecular flexibility index (Phi) is 5.57. The van der Waals surface area contributed by atoms with Gasteiger partial charge in [-0.05, 0) is 42.3 Å². The van der Waals surface area contributed by atoms with Crippen molar-refractivity contribution in [3.05, 3.63) is 82.4 Å². The molecule has 6 nitrogen and oxygen atoms in total. The summed E-state index contributed by atoms with van der Waals surface area (Å²) in [5.41, 5.74) is 4.30. The molecule has 0 aliphatic carbocycles. The van der Waals surface area contributed by atoms with E-state index >= 15 is 0 Å². The predicted octanol–water partition coefficient (Wildman–Crippen LogP) is 3.26. The van der Waals surface area contributed by atoms with Crippen molar-refractivity contribution in [1.82, 2.24) is 20.8 Å². The number of nitrogens with one attached hydrogen (secondary N) is 3. The van der Waals surface area contributed by atoms with E-state index in [4.69, 9.17) is 4.74 Å². The second-order valence-corrected chi connectivity index (χ2v) is 7.14. The van der Waals surface area contributed by atoms with Gasteiger partial charge in [0.1, 0.15) is 18.2 Å². The second-order valence-electron chi connectivity index (χ2n) is 7.14. The fourth-order valence-electron chi connectivity index (χ4n) is 3.36. The van der Waals surface area contributed by atoms with Crippen molar-refractivity contribution in [3.63, 3.8) is 0 Å². The zero-order chi connectivity index (χ0) is 20.2. The normalized spacial score (nSPS) is 14.1. The van der Waals surface area contributed by atoms with Gasteiger partial charge in [0.05, 0.1) is 6.04 Å². The number of aromatic nitrogens is 2. The molecule has 1 aromatic heterocycles. The van der Waals surface area contributed by atoms with Crippen molar-refractivity contribution in [2.24, 2.45) is 0 Å². The molecular weight excluding hydrogens is 371 g/mol. The molecule has 1 unspecified atom stereocenters. The Morgan fingerprint density at radius 3 is 2.72 bits per heavy atom. The van der Waals surface area contributed by atoms with Crippen molar-refractivity contribution >= 4 is 5.91 Å². The van der Waals surface area contributed by atoms with Crippen LogP contribution < -0.4 is 15.4 Å². The van der Waals surface area contributed by atoms with Crippen molar-refractivity contribution in [3.8, 4) is 5.75 Å². The quantitative estimate of drug-likeness (QED) is 0.600. The van der Waals surface area contributed by atoms with Crippen LogP contribution in [-0.4, -0.2) is 22.6 Å². The number of ether oxygens (including phenoxy) is 1. The summed E-state index contributed by atoms with van der Waals surface area (Å²) < 4.78 is 18.7. The van der Waals surface area contributed by atoms with E-state index in [-0.39, 0.29) is 17.8 Å². The van der Waals surface area contributed by atoms with Gasteiger partial charge in [-0.1, -0.05) is 24.3 Å². The second kappa shape index (κ2) is 8.45. The Hall–Kier alpha value is -3.19. The van der Waals surface area contributed by atoms with Gasteiger partial charge in [0.25, 0.3) is 5.91 Å². The van der Waals surface area contributed by atoms with Gasteiger partial charge >= 0.3 is 0 Å². The molecule has 4 rings (SSSR count). The molecule has 2 aromatic carbocycles. The van der Waals surface area contributed by atoms with Crippen LogP contribution in [0.1, 0.15) is 45.8 Å². The minimum absolute atomic E-state index is 0.169. The summed E-state index contributed by atoms with van der Waals surface area (Å²) >= 11 is 0. The van der Waals surface area contributed by atoms with Gasteiger partial charge in [-0.15, -0.1) is 0 Å². The third-order valence-corrected chi connectivity index (χ3v) is 5.07. The monoisotopic (exact) mass is 394 g/mol. The Labute approximate surface area is 168 Å². The molecule has 7 heteroatoms. The molecule has 0 saturated heterocycles. The number of hydrogen-bond donors (Lipinski definition) is 3. The van der Waals surface area contributed by atoms with Crippen LogP contribution in [0.25, 0.3) is 0 Å². The summed E-state index contributed by atoms with van der Waals surface area (Å²) in [5, 5.41) is 13.4. The highest BCUT2D eigenvalue weighted by atomic mass is 19.1. The first-order chi connectivity index (χ1) is 14.1. The standard InChI is InChI=1S/C22H23FN4O2/c1-14(25-22(28)21-19-12-24-11-10-20(19)26-27-21)16-4-8-18(9-5-16)29-13-15-2-6-17(23)7-3-15/h2-9,14,24H,10-13H2,1H3,(H,25,28)(H,26,27). The Morgan fingerprint density at radius 2 is 1.97 bits per heavy atom. The highest BCUT2D eigenvalue weighted by Gasteiger charge is 2.22. The number of carbonyl (C=O) groups excluding carboxylic acids is 1. The molecule has 150 valence electrons. The average molecular weight is 394 g/mol. The fraction of sp³-hybridized carbons (Fsp3) is 0.273. The van der Waals surface area contributed by atoms with E-state index in [0.717, 1.165) is 35.3 Å². The molecule has 29 heavy (non-hydrogen) atoms. The maximum atomic E-state index is 13.0. The highest BCUT2D eigenvalue weighted by Crippen LogP contribution is 2.20. The topological polar surface area (TPSA) is 79.0 Å². The third-order valence-electron chi connectivity index (χ3n) is 5.07. The van der Waals surface area contributed by atoms with Crippen LogP contribution in [0.2, 0.25) is 0 Å². The van der Waals surface area contributed by atoms with Crippen LogP contribution in [0, 0.1) is 5.82 Å². The smallest absolute Gasteiger partial charge is 0.272 e. The van der Waals surface area contributed by atoms with E-state index in [1.807, 2.05) is 31.2 Å². The summed E-state index contributed by atoms with van der Waals surface area (Å²) in [5.74, 6) is 0.264. The van der Waals surface area contributed by atoms with E-state index in [0.29, 0.717) is 24.6 Å². The summed E-state index contributed by atoms with van der Waals surface area (Å²) in [6, 6.07) is 13.6. The lowest BCUT2D eigenvalue weighted by molar-refractivity contribution is 0.0933. The molecule has 0 radical (unpaired) electrons. The summed E-state index contributed by atoms with van der Waals surface area (Å²) in [6.07, 6.45) is 0.852. The number of halogens is 1. The molecule has 3 N–H and O–H groups in total. The number of aromatic amines is 1. The van der Waals surface area contributed by atoms with Crippen LogP contribution in [0.5, 0.6) is 5.75 Å². The lowest BCUT2D eigenvalue weighted by Gasteiger charge is -2.16. The average Bonchev–Trinajstić information content (AvgIpc) is 3.18. The summed E-state index contributed by atoms with van der Waals surface area (Å²) in [6.45, 7) is 3.85. The van der Waals surface area contributed by atoms with Gasteiger partial charge in [-0.3, -0.25) is 9.89 Å². The molecule has 0 saturated carbocycles. The number of carbonyl (C=O) groups is 1. The van der Waals surface area contributed by atoms with Gasteiger partial charge in [0.2, 0.25) is 0 Å². The van der Waals surface area contributed by atoms with Crippen LogP contribution in [0.4, 0.5) is 4.39 Å².